The van der Waals surface area contributed by atoms with E-state index in [9.17, 15) is 13.2 Å². The molecule has 1 fully saturated rings. The third-order valence-corrected chi connectivity index (χ3v) is 3.73. The summed E-state index contributed by atoms with van der Waals surface area (Å²) < 4.78 is 38.3. The number of hydrazine groups is 1. The molecule has 2 rings (SSSR count). The van der Waals surface area contributed by atoms with Crippen LogP contribution in [0.25, 0.3) is 0 Å². The van der Waals surface area contributed by atoms with E-state index in [0.29, 0.717) is 13.1 Å². The lowest BCUT2D eigenvalue weighted by Gasteiger charge is -2.22. The van der Waals surface area contributed by atoms with Gasteiger partial charge in [0.25, 0.3) is 0 Å². The fraction of sp³-hybridized carbons (Fsp3) is 0.600. The minimum absolute atomic E-state index is 0.221. The van der Waals surface area contributed by atoms with Gasteiger partial charge in [0.1, 0.15) is 5.82 Å². The molecule has 106 valence electrons. The first-order valence-corrected chi connectivity index (χ1v) is 6.92. The summed E-state index contributed by atoms with van der Waals surface area (Å²) in [6.07, 6.45) is -3.59. The van der Waals surface area contributed by atoms with E-state index in [1.165, 1.54) is 0 Å². The number of halogens is 3. The molecular formula is C10H14F3N5S. The molecule has 0 spiro atoms. The van der Waals surface area contributed by atoms with E-state index in [4.69, 9.17) is 5.84 Å². The van der Waals surface area contributed by atoms with E-state index in [1.54, 1.807) is 11.8 Å². The van der Waals surface area contributed by atoms with Gasteiger partial charge in [0.15, 0.2) is 5.69 Å². The van der Waals surface area contributed by atoms with Gasteiger partial charge in [-0.1, -0.05) is 0 Å². The van der Waals surface area contributed by atoms with Crippen LogP contribution >= 0.6 is 11.8 Å². The van der Waals surface area contributed by atoms with Crippen molar-refractivity contribution in [1.82, 2.24) is 9.97 Å². The Bertz CT molecular complexity index is 432. The summed E-state index contributed by atoms with van der Waals surface area (Å²) in [5.41, 5.74) is 1.10. The molecule has 0 radical (unpaired) electrons. The Morgan fingerprint density at radius 3 is 2.74 bits per heavy atom. The van der Waals surface area contributed by atoms with E-state index in [2.05, 4.69) is 15.4 Å². The summed E-state index contributed by atoms with van der Waals surface area (Å²) in [5, 5.41) is 0. The van der Waals surface area contributed by atoms with Crippen LogP contribution in [-0.4, -0.2) is 34.6 Å². The molecule has 2 heterocycles. The van der Waals surface area contributed by atoms with Gasteiger partial charge in [0.2, 0.25) is 5.95 Å². The van der Waals surface area contributed by atoms with Crippen molar-refractivity contribution in [1.29, 1.82) is 0 Å². The highest BCUT2D eigenvalue weighted by Gasteiger charge is 2.34. The summed E-state index contributed by atoms with van der Waals surface area (Å²) in [7, 11) is 0. The molecular weight excluding hydrogens is 279 g/mol. The van der Waals surface area contributed by atoms with Crippen LogP contribution in [0.5, 0.6) is 0 Å². The van der Waals surface area contributed by atoms with Crippen molar-refractivity contribution in [3.05, 3.63) is 11.8 Å². The maximum atomic E-state index is 12.8. The molecule has 5 nitrogen and oxygen atoms in total. The zero-order valence-electron chi connectivity index (χ0n) is 10.1. The number of anilines is 2. The lowest BCUT2D eigenvalue weighted by atomic mass is 10.3. The highest BCUT2D eigenvalue weighted by Crippen LogP contribution is 2.30. The number of hydrogen-bond donors (Lipinski definition) is 2. The molecule has 1 aliphatic heterocycles. The minimum atomic E-state index is -4.51. The lowest BCUT2D eigenvalue weighted by Crippen LogP contribution is -2.28. The van der Waals surface area contributed by atoms with E-state index in [1.807, 2.05) is 4.90 Å². The van der Waals surface area contributed by atoms with Crippen LogP contribution in [0.15, 0.2) is 6.07 Å². The average molecular weight is 293 g/mol. The van der Waals surface area contributed by atoms with Gasteiger partial charge < -0.3 is 4.90 Å². The summed E-state index contributed by atoms with van der Waals surface area (Å²) in [5.74, 6) is 7.05. The van der Waals surface area contributed by atoms with E-state index in [-0.39, 0.29) is 11.8 Å². The monoisotopic (exact) mass is 293 g/mol. The smallest absolute Gasteiger partial charge is 0.356 e. The van der Waals surface area contributed by atoms with Gasteiger partial charge in [0.05, 0.1) is 0 Å². The molecule has 1 aromatic rings. The second-order valence-corrected chi connectivity index (χ2v) is 5.25. The van der Waals surface area contributed by atoms with Crippen LogP contribution in [0.4, 0.5) is 24.9 Å². The fourth-order valence-electron chi connectivity index (χ4n) is 1.78. The number of nitrogen functional groups attached to an aromatic ring is 1. The molecule has 1 aromatic heterocycles. The first kappa shape index (κ1) is 14.2. The number of hydrogen-bond acceptors (Lipinski definition) is 6. The van der Waals surface area contributed by atoms with E-state index in [0.717, 1.165) is 24.0 Å². The van der Waals surface area contributed by atoms with Crippen LogP contribution in [-0.2, 0) is 6.18 Å². The summed E-state index contributed by atoms with van der Waals surface area (Å²) >= 11 is 1.79. The van der Waals surface area contributed by atoms with Gasteiger partial charge in [-0.3, -0.25) is 5.43 Å². The second-order valence-electron chi connectivity index (χ2n) is 4.03. The van der Waals surface area contributed by atoms with Gasteiger partial charge in [0, 0.05) is 24.9 Å². The molecule has 3 N–H and O–H groups in total. The number of aromatic nitrogens is 2. The third-order valence-electron chi connectivity index (χ3n) is 2.68. The van der Waals surface area contributed by atoms with Crippen molar-refractivity contribution in [3.63, 3.8) is 0 Å². The van der Waals surface area contributed by atoms with Crippen molar-refractivity contribution in [2.75, 3.05) is 34.9 Å². The molecule has 0 unspecified atom stereocenters. The molecule has 1 saturated heterocycles. The summed E-state index contributed by atoms with van der Waals surface area (Å²) in [6.45, 7) is 1.36. The van der Waals surface area contributed by atoms with Crippen LogP contribution in [0.3, 0.4) is 0 Å². The zero-order chi connectivity index (χ0) is 13.9. The second kappa shape index (κ2) is 5.83. The zero-order valence-corrected chi connectivity index (χ0v) is 10.9. The summed E-state index contributed by atoms with van der Waals surface area (Å²) in [6, 6.07) is 0.969. The van der Waals surface area contributed by atoms with Crippen LogP contribution in [0.1, 0.15) is 12.1 Å². The normalized spacial score (nSPS) is 17.2. The van der Waals surface area contributed by atoms with Crippen molar-refractivity contribution < 1.29 is 13.2 Å². The van der Waals surface area contributed by atoms with Crippen molar-refractivity contribution >= 4 is 23.5 Å². The average Bonchev–Trinajstić information content (AvgIpc) is 2.66. The molecule has 9 heteroatoms. The Balaban J connectivity index is 2.33. The first-order chi connectivity index (χ1) is 9.00. The minimum Gasteiger partial charge on any atom is -0.356 e. The number of alkyl halides is 3. The van der Waals surface area contributed by atoms with Gasteiger partial charge in [-0.15, -0.1) is 0 Å². The highest BCUT2D eigenvalue weighted by atomic mass is 32.2. The molecule has 0 aliphatic carbocycles. The van der Waals surface area contributed by atoms with Crippen molar-refractivity contribution in [2.45, 2.75) is 12.6 Å². The van der Waals surface area contributed by atoms with Crippen LogP contribution in [0.2, 0.25) is 0 Å². The van der Waals surface area contributed by atoms with Gasteiger partial charge >= 0.3 is 6.18 Å². The molecule has 0 saturated carbocycles. The molecule has 1 aliphatic rings. The molecule has 0 aromatic carbocycles. The number of nitrogens with one attached hydrogen (secondary N) is 1. The van der Waals surface area contributed by atoms with Gasteiger partial charge in [-0.05, 0) is 12.2 Å². The maximum absolute atomic E-state index is 12.8. The predicted octanol–water partition coefficient (Wildman–Crippen LogP) is 1.72. The summed E-state index contributed by atoms with van der Waals surface area (Å²) in [4.78, 5) is 9.17. The Kier molecular flexibility index (Phi) is 4.35. The van der Waals surface area contributed by atoms with Crippen LogP contribution in [0, 0.1) is 0 Å². The Hall–Kier alpha value is -1.22. The van der Waals surface area contributed by atoms with E-state index >= 15 is 0 Å². The van der Waals surface area contributed by atoms with Gasteiger partial charge in [-0.25, -0.2) is 10.8 Å². The van der Waals surface area contributed by atoms with Crippen molar-refractivity contribution in [3.8, 4) is 0 Å². The number of rotatable bonds is 2. The molecule has 19 heavy (non-hydrogen) atoms. The maximum Gasteiger partial charge on any atom is 0.433 e. The Labute approximate surface area is 112 Å². The number of nitrogens with zero attached hydrogens (tertiary/aromatic N) is 3. The predicted molar refractivity (Wildman–Crippen MR) is 69.0 cm³/mol. The Morgan fingerprint density at radius 2 is 2.05 bits per heavy atom. The first-order valence-electron chi connectivity index (χ1n) is 5.76. The third kappa shape index (κ3) is 3.63. The SMILES string of the molecule is NNc1nc(N2CCCSCC2)cc(C(F)(F)F)n1. The Morgan fingerprint density at radius 1 is 1.26 bits per heavy atom. The lowest BCUT2D eigenvalue weighted by molar-refractivity contribution is -0.141. The molecule has 0 bridgehead atoms. The van der Waals surface area contributed by atoms with Crippen molar-refractivity contribution in [2.24, 2.45) is 5.84 Å². The molecule has 0 amide bonds. The number of thioether (sulfide) groups is 1. The molecule has 0 atom stereocenters. The van der Waals surface area contributed by atoms with Crippen LogP contribution < -0.4 is 16.2 Å². The standard InChI is InChI=1S/C10H14F3N5S/c11-10(12,13)7-6-8(16-9(15-7)17-14)18-2-1-4-19-5-3-18/h6H,1-5,14H2,(H,15,16,17). The van der Waals surface area contributed by atoms with Gasteiger partial charge in [-0.2, -0.15) is 29.9 Å². The fourth-order valence-corrected chi connectivity index (χ4v) is 2.67. The topological polar surface area (TPSA) is 67.1 Å². The number of nitrogens with two attached hydrogens (primary N) is 1. The highest BCUT2D eigenvalue weighted by molar-refractivity contribution is 7.99. The largest absolute Gasteiger partial charge is 0.433 e. The quantitative estimate of drug-likeness (QED) is 0.639. The van der Waals surface area contributed by atoms with E-state index < -0.39 is 11.9 Å².